The number of hydrogen-bond donors (Lipinski definition) is 0. The molecule has 0 saturated heterocycles. The Kier molecular flexibility index (Phi) is 65.8. The van der Waals surface area contributed by atoms with Gasteiger partial charge in [0.05, 0.1) is 0 Å². The average molecular weight is 256 g/mol. The summed E-state index contributed by atoms with van der Waals surface area (Å²) in [5.41, 5.74) is 0. The first-order valence-electron chi connectivity index (χ1n) is 2.41. The van der Waals surface area contributed by atoms with Crippen molar-refractivity contribution in [3.8, 4) is 0 Å². The molecule has 0 aliphatic heterocycles. The monoisotopic (exact) mass is 254 g/mol. The second-order valence-electron chi connectivity index (χ2n) is 1.35. The summed E-state index contributed by atoms with van der Waals surface area (Å²) >= 11 is 0. The van der Waals surface area contributed by atoms with E-state index < -0.39 is 0 Å². The molecule has 0 aliphatic rings. The maximum Gasteiger partial charge on any atom is 2.00 e. The predicted octanol–water partition coefficient (Wildman–Crippen LogP) is -4.18. The molecule has 0 aromatic rings. The molecule has 0 rings (SSSR count). The average Bonchev–Trinajstić information content (AvgIpc) is 1.41. The summed E-state index contributed by atoms with van der Waals surface area (Å²) in [5.74, 6) is 0. The van der Waals surface area contributed by atoms with Crippen LogP contribution in [0, 0.1) is 0 Å². The van der Waals surface area contributed by atoms with Gasteiger partial charge < -0.3 is 34.0 Å². The number of rotatable bonds is 2. The molecule has 0 saturated carbocycles. The van der Waals surface area contributed by atoms with Crippen molar-refractivity contribution < 1.29 is 34.0 Å². The molecule has 0 nitrogen and oxygen atoms in total. The van der Waals surface area contributed by atoms with Gasteiger partial charge in [0.15, 0.2) is 0 Å². The molecule has 0 N–H and O–H groups in total. The molecule has 0 heterocycles. The normalized spacial score (nSPS) is 5.25. The first kappa shape index (κ1) is 22.6. The molecule has 3 heteroatoms. The van der Waals surface area contributed by atoms with Crippen molar-refractivity contribution in [3.05, 3.63) is 0 Å². The third-order valence-corrected chi connectivity index (χ3v) is 0.707. The van der Waals surface area contributed by atoms with Crippen molar-refractivity contribution in [2.45, 2.75) is 33.1 Å². The van der Waals surface area contributed by atoms with E-state index >= 15 is 0 Å². The van der Waals surface area contributed by atoms with Crippen LogP contribution in [-0.2, 0) is 0 Å². The predicted molar refractivity (Wildman–Crippen MR) is 31.0 cm³/mol. The SMILES string of the molecule is CCCCC.[Br-].[Br-].[Mg+2]. The molecule has 48 valence electrons. The van der Waals surface area contributed by atoms with Crippen LogP contribution in [0.15, 0.2) is 0 Å². The molecule has 0 atom stereocenters. The molecular weight excluding hydrogens is 244 g/mol. The molecule has 0 spiro atoms. The first-order chi connectivity index (χ1) is 2.41. The Labute approximate surface area is 89.5 Å². The van der Waals surface area contributed by atoms with Crippen LogP contribution < -0.4 is 34.0 Å². The molecule has 0 unspecified atom stereocenters. The van der Waals surface area contributed by atoms with Crippen molar-refractivity contribution in [3.63, 3.8) is 0 Å². The Morgan fingerprint density at radius 1 is 0.875 bits per heavy atom. The van der Waals surface area contributed by atoms with Crippen LogP contribution in [0.1, 0.15) is 33.1 Å². The van der Waals surface area contributed by atoms with E-state index in [1.54, 1.807) is 0 Å². The minimum atomic E-state index is 0. The minimum Gasteiger partial charge on any atom is -1.00 e. The van der Waals surface area contributed by atoms with Gasteiger partial charge in [0.1, 0.15) is 0 Å². The van der Waals surface area contributed by atoms with Gasteiger partial charge >= 0.3 is 23.1 Å². The van der Waals surface area contributed by atoms with Gasteiger partial charge in [-0.05, 0) is 0 Å². The molecule has 8 heavy (non-hydrogen) atoms. The summed E-state index contributed by atoms with van der Waals surface area (Å²) < 4.78 is 0. The molecule has 0 amide bonds. The van der Waals surface area contributed by atoms with Crippen LogP contribution in [0.2, 0.25) is 0 Å². The van der Waals surface area contributed by atoms with E-state index in [0.29, 0.717) is 0 Å². The maximum absolute atomic E-state index is 2.21. The van der Waals surface area contributed by atoms with Crippen molar-refractivity contribution in [2.75, 3.05) is 0 Å². The first-order valence-corrected chi connectivity index (χ1v) is 2.41. The zero-order valence-electron chi connectivity index (χ0n) is 5.58. The Morgan fingerprint density at radius 3 is 1.12 bits per heavy atom. The largest absolute Gasteiger partial charge is 2.00 e. The van der Waals surface area contributed by atoms with E-state index in [1.807, 2.05) is 0 Å². The van der Waals surface area contributed by atoms with Crippen LogP contribution >= 0.6 is 0 Å². The van der Waals surface area contributed by atoms with Crippen LogP contribution in [0.4, 0.5) is 0 Å². The quantitative estimate of drug-likeness (QED) is 0.440. The molecular formula is C5H12Br2Mg. The summed E-state index contributed by atoms with van der Waals surface area (Å²) in [6.07, 6.45) is 4.08. The Hall–Kier alpha value is 1.73. The Morgan fingerprint density at radius 2 is 1.12 bits per heavy atom. The summed E-state index contributed by atoms with van der Waals surface area (Å²) in [6.45, 7) is 4.42. The number of halogens is 2. The molecule has 0 aromatic heterocycles. The van der Waals surface area contributed by atoms with Crippen molar-refractivity contribution in [2.24, 2.45) is 0 Å². The fourth-order valence-electron chi connectivity index (χ4n) is 0.354. The zero-order chi connectivity index (χ0) is 4.12. The van der Waals surface area contributed by atoms with E-state index in [0.717, 1.165) is 0 Å². The maximum atomic E-state index is 2.21. The van der Waals surface area contributed by atoms with Gasteiger partial charge in [0, 0.05) is 0 Å². The van der Waals surface area contributed by atoms with Crippen LogP contribution in [0.3, 0.4) is 0 Å². The van der Waals surface area contributed by atoms with Crippen LogP contribution in [-0.4, -0.2) is 23.1 Å². The number of hydrogen-bond acceptors (Lipinski definition) is 0. The second kappa shape index (κ2) is 23.3. The van der Waals surface area contributed by atoms with Gasteiger partial charge in [-0.25, -0.2) is 0 Å². The number of unbranched alkanes of at least 4 members (excludes halogenated alkanes) is 2. The second-order valence-corrected chi connectivity index (χ2v) is 1.35. The standard InChI is InChI=1S/C5H12.2BrH.Mg/c1-3-5-4-2;;;/h3-5H2,1-2H3;2*1H;/q;;;+2/p-2. The Bertz CT molecular complexity index is 17.9. The van der Waals surface area contributed by atoms with Gasteiger partial charge in [0.2, 0.25) is 0 Å². The Balaban J connectivity index is -0.0000000267. The summed E-state index contributed by atoms with van der Waals surface area (Å²) in [4.78, 5) is 0. The van der Waals surface area contributed by atoms with E-state index in [4.69, 9.17) is 0 Å². The van der Waals surface area contributed by atoms with Crippen LogP contribution in [0.25, 0.3) is 0 Å². The van der Waals surface area contributed by atoms with Crippen molar-refractivity contribution in [1.82, 2.24) is 0 Å². The van der Waals surface area contributed by atoms with Crippen molar-refractivity contribution in [1.29, 1.82) is 0 Å². The molecule has 0 radical (unpaired) electrons. The van der Waals surface area contributed by atoms with Gasteiger partial charge in [-0.15, -0.1) is 0 Å². The fraction of sp³-hybridized carbons (Fsp3) is 1.00. The summed E-state index contributed by atoms with van der Waals surface area (Å²) in [5, 5.41) is 0. The van der Waals surface area contributed by atoms with E-state index in [-0.39, 0.29) is 57.0 Å². The fourth-order valence-corrected chi connectivity index (χ4v) is 0.354. The van der Waals surface area contributed by atoms with E-state index in [9.17, 15) is 0 Å². The molecule has 0 aliphatic carbocycles. The van der Waals surface area contributed by atoms with Gasteiger partial charge in [-0.1, -0.05) is 33.1 Å². The molecule has 0 aromatic carbocycles. The molecule has 0 bridgehead atoms. The summed E-state index contributed by atoms with van der Waals surface area (Å²) in [6, 6.07) is 0. The van der Waals surface area contributed by atoms with Crippen molar-refractivity contribution >= 4 is 23.1 Å². The molecule has 0 fully saturated rings. The van der Waals surface area contributed by atoms with E-state index in [1.165, 1.54) is 19.3 Å². The smallest absolute Gasteiger partial charge is 1.00 e. The third-order valence-electron chi connectivity index (χ3n) is 0.707. The summed E-state index contributed by atoms with van der Waals surface area (Å²) in [7, 11) is 0. The van der Waals surface area contributed by atoms with Gasteiger partial charge in [-0.3, -0.25) is 0 Å². The topological polar surface area (TPSA) is 0 Å². The van der Waals surface area contributed by atoms with E-state index in [2.05, 4.69) is 13.8 Å². The van der Waals surface area contributed by atoms with Crippen LogP contribution in [0.5, 0.6) is 0 Å². The third kappa shape index (κ3) is 25.2. The minimum absolute atomic E-state index is 0. The zero-order valence-corrected chi connectivity index (χ0v) is 10.2. The van der Waals surface area contributed by atoms with Gasteiger partial charge in [-0.2, -0.15) is 0 Å². The van der Waals surface area contributed by atoms with Gasteiger partial charge in [0.25, 0.3) is 0 Å².